The second kappa shape index (κ2) is 12.1. The molecule has 0 aliphatic heterocycles. The molecule has 0 bridgehead atoms. The monoisotopic (exact) mass is 271 g/mol. The maximum Gasteiger partial charge on any atom is 0.243 e. The Balaban J connectivity index is 4.32. The number of carbonyl (C=O) groups is 1. The van der Waals surface area contributed by atoms with Crippen LogP contribution < -0.4 is 22.9 Å². The fourth-order valence-electron chi connectivity index (χ4n) is 1.69. The molecule has 0 radical (unpaired) electrons. The van der Waals surface area contributed by atoms with Crippen LogP contribution >= 0.6 is 0 Å². The van der Waals surface area contributed by atoms with Crippen LogP contribution in [-0.4, -0.2) is 49.6 Å². The van der Waals surface area contributed by atoms with Crippen LogP contribution in [0.15, 0.2) is 12.2 Å². The Kier molecular flexibility index (Phi) is 11.5. The number of nitrogens with zero attached hydrogens (tertiary/aromatic N) is 1. The van der Waals surface area contributed by atoms with Gasteiger partial charge in [0.2, 0.25) is 5.91 Å². The molecule has 112 valence electrons. The predicted octanol–water partition coefficient (Wildman–Crippen LogP) is -0.865. The molecule has 0 spiro atoms. The first-order chi connectivity index (χ1) is 9.17. The van der Waals surface area contributed by atoms with E-state index in [2.05, 4.69) is 0 Å². The van der Waals surface area contributed by atoms with Gasteiger partial charge in [0.25, 0.3) is 0 Å². The Morgan fingerprint density at radius 1 is 1.00 bits per heavy atom. The fraction of sp³-hybridized carbons (Fsp3) is 0.769. The van der Waals surface area contributed by atoms with E-state index in [1.807, 2.05) is 6.08 Å². The van der Waals surface area contributed by atoms with Gasteiger partial charge in [-0.1, -0.05) is 12.2 Å². The van der Waals surface area contributed by atoms with Crippen LogP contribution in [-0.2, 0) is 4.79 Å². The summed E-state index contributed by atoms with van der Waals surface area (Å²) in [6, 6.07) is -0.595. The van der Waals surface area contributed by atoms with Crippen molar-refractivity contribution in [3.63, 3.8) is 0 Å². The summed E-state index contributed by atoms with van der Waals surface area (Å²) in [5.74, 6) is -0.0567. The maximum absolute atomic E-state index is 12.2. The number of nitrogens with two attached hydrogens (primary N) is 4. The smallest absolute Gasteiger partial charge is 0.243 e. The van der Waals surface area contributed by atoms with Crippen molar-refractivity contribution >= 4 is 5.91 Å². The van der Waals surface area contributed by atoms with E-state index in [9.17, 15) is 4.79 Å². The molecule has 6 nitrogen and oxygen atoms in total. The van der Waals surface area contributed by atoms with Crippen molar-refractivity contribution in [3.8, 4) is 0 Å². The lowest BCUT2D eigenvalue weighted by atomic mass is 10.2. The number of rotatable bonds is 11. The van der Waals surface area contributed by atoms with Gasteiger partial charge in [-0.3, -0.25) is 4.79 Å². The summed E-state index contributed by atoms with van der Waals surface area (Å²) >= 11 is 0. The van der Waals surface area contributed by atoms with E-state index in [4.69, 9.17) is 22.9 Å². The average molecular weight is 271 g/mol. The molecule has 1 atom stereocenters. The van der Waals surface area contributed by atoms with Crippen LogP contribution in [0.2, 0.25) is 0 Å². The minimum Gasteiger partial charge on any atom is -0.341 e. The highest BCUT2D eigenvalue weighted by atomic mass is 16.2. The van der Waals surface area contributed by atoms with Crippen molar-refractivity contribution in [2.75, 3.05) is 32.7 Å². The Hall–Kier alpha value is -0.950. The zero-order chi connectivity index (χ0) is 14.5. The highest BCUT2D eigenvalue weighted by molar-refractivity contribution is 5.83. The summed E-state index contributed by atoms with van der Waals surface area (Å²) in [6.45, 7) is 3.11. The van der Waals surface area contributed by atoms with Gasteiger partial charge in [0.1, 0.15) is 6.04 Å². The SMILES string of the molecule is NCC/C=C/[C@H](N)C(=O)N(CCCN)CCCCN. The average Bonchev–Trinajstić information content (AvgIpc) is 2.42. The Morgan fingerprint density at radius 3 is 2.21 bits per heavy atom. The third-order valence-corrected chi connectivity index (χ3v) is 2.79. The van der Waals surface area contributed by atoms with Gasteiger partial charge in [-0.05, 0) is 45.3 Å². The van der Waals surface area contributed by atoms with Crippen LogP contribution in [0.4, 0.5) is 0 Å². The van der Waals surface area contributed by atoms with E-state index in [1.54, 1.807) is 11.0 Å². The van der Waals surface area contributed by atoms with Crippen molar-refractivity contribution < 1.29 is 4.79 Å². The summed E-state index contributed by atoms with van der Waals surface area (Å²) in [7, 11) is 0. The predicted molar refractivity (Wildman–Crippen MR) is 79.3 cm³/mol. The molecular weight excluding hydrogens is 242 g/mol. The fourth-order valence-corrected chi connectivity index (χ4v) is 1.69. The van der Waals surface area contributed by atoms with E-state index in [1.165, 1.54) is 0 Å². The molecule has 0 saturated carbocycles. The first kappa shape index (κ1) is 18.0. The molecular formula is C13H29N5O. The van der Waals surface area contributed by atoms with Gasteiger partial charge in [-0.15, -0.1) is 0 Å². The van der Waals surface area contributed by atoms with Crippen LogP contribution in [0.25, 0.3) is 0 Å². The van der Waals surface area contributed by atoms with E-state index in [-0.39, 0.29) is 5.91 Å². The lowest BCUT2D eigenvalue weighted by molar-refractivity contribution is -0.131. The maximum atomic E-state index is 12.2. The number of carbonyl (C=O) groups excluding carboxylic acids is 1. The summed E-state index contributed by atoms with van der Waals surface area (Å²) in [6.07, 6.45) is 6.89. The van der Waals surface area contributed by atoms with Gasteiger partial charge in [-0.2, -0.15) is 0 Å². The zero-order valence-corrected chi connectivity index (χ0v) is 11.8. The summed E-state index contributed by atoms with van der Waals surface area (Å²) in [5.41, 5.74) is 22.2. The molecule has 0 fully saturated rings. The molecule has 0 aromatic heterocycles. The third kappa shape index (κ3) is 8.72. The van der Waals surface area contributed by atoms with E-state index < -0.39 is 6.04 Å². The van der Waals surface area contributed by atoms with Crippen molar-refractivity contribution in [2.45, 2.75) is 31.7 Å². The molecule has 0 heterocycles. The number of unbranched alkanes of at least 4 members (excludes halogenated alkanes) is 1. The summed E-state index contributed by atoms with van der Waals surface area (Å²) in [5, 5.41) is 0. The molecule has 1 amide bonds. The molecule has 0 aromatic rings. The van der Waals surface area contributed by atoms with Crippen LogP contribution in [0, 0.1) is 0 Å². The van der Waals surface area contributed by atoms with Gasteiger partial charge in [-0.25, -0.2) is 0 Å². The summed E-state index contributed by atoms with van der Waals surface area (Å²) in [4.78, 5) is 14.0. The second-order valence-corrected chi connectivity index (χ2v) is 4.49. The summed E-state index contributed by atoms with van der Waals surface area (Å²) < 4.78 is 0. The molecule has 0 aliphatic rings. The van der Waals surface area contributed by atoms with Gasteiger partial charge in [0.05, 0.1) is 0 Å². The van der Waals surface area contributed by atoms with Gasteiger partial charge >= 0.3 is 0 Å². The molecule has 0 unspecified atom stereocenters. The quantitative estimate of drug-likeness (QED) is 0.287. The van der Waals surface area contributed by atoms with Gasteiger partial charge in [0.15, 0.2) is 0 Å². The Morgan fingerprint density at radius 2 is 1.63 bits per heavy atom. The molecule has 0 saturated heterocycles. The topological polar surface area (TPSA) is 124 Å². The molecule has 6 heteroatoms. The highest BCUT2D eigenvalue weighted by Crippen LogP contribution is 2.01. The van der Waals surface area contributed by atoms with Crippen LogP contribution in [0.3, 0.4) is 0 Å². The normalized spacial score (nSPS) is 12.8. The van der Waals surface area contributed by atoms with Crippen molar-refractivity contribution in [1.82, 2.24) is 4.90 Å². The van der Waals surface area contributed by atoms with E-state index >= 15 is 0 Å². The standard InChI is InChI=1S/C13H29N5O/c14-7-2-1-6-12(17)13(19)18(11-5-9-16)10-4-3-8-15/h1,6,12H,2-5,7-11,14-17H2/b6-1+/t12-/m0/s1. The van der Waals surface area contributed by atoms with Crippen LogP contribution in [0.1, 0.15) is 25.7 Å². The molecule has 0 rings (SSSR count). The van der Waals surface area contributed by atoms with Crippen molar-refractivity contribution in [3.05, 3.63) is 12.2 Å². The Bertz CT molecular complexity index is 257. The van der Waals surface area contributed by atoms with Gasteiger partial charge < -0.3 is 27.8 Å². The van der Waals surface area contributed by atoms with Crippen LogP contribution in [0.5, 0.6) is 0 Å². The molecule has 19 heavy (non-hydrogen) atoms. The Labute approximate surface area is 116 Å². The second-order valence-electron chi connectivity index (χ2n) is 4.49. The van der Waals surface area contributed by atoms with Crippen molar-refractivity contribution in [2.24, 2.45) is 22.9 Å². The number of hydrogen-bond acceptors (Lipinski definition) is 5. The van der Waals surface area contributed by atoms with Gasteiger partial charge in [0, 0.05) is 13.1 Å². The first-order valence-corrected chi connectivity index (χ1v) is 6.98. The zero-order valence-electron chi connectivity index (χ0n) is 11.8. The molecule has 0 aromatic carbocycles. The van der Waals surface area contributed by atoms with E-state index in [0.717, 1.165) is 25.7 Å². The lowest BCUT2D eigenvalue weighted by Gasteiger charge is -2.24. The highest BCUT2D eigenvalue weighted by Gasteiger charge is 2.17. The number of hydrogen-bond donors (Lipinski definition) is 4. The lowest BCUT2D eigenvalue weighted by Crippen LogP contribution is -2.44. The minimum absolute atomic E-state index is 0.0567. The number of amides is 1. The third-order valence-electron chi connectivity index (χ3n) is 2.79. The largest absolute Gasteiger partial charge is 0.341 e. The van der Waals surface area contributed by atoms with E-state index in [0.29, 0.717) is 32.7 Å². The molecule has 0 aliphatic carbocycles. The molecule has 8 N–H and O–H groups in total. The van der Waals surface area contributed by atoms with Crippen molar-refractivity contribution in [1.29, 1.82) is 0 Å². The minimum atomic E-state index is -0.595. The first-order valence-electron chi connectivity index (χ1n) is 6.98.